The molecule has 1 unspecified atom stereocenters. The topological polar surface area (TPSA) is 557 Å². The summed E-state index contributed by atoms with van der Waals surface area (Å²) in [6.07, 6.45) is 24.4. The third-order valence-corrected chi connectivity index (χ3v) is 30.5. The maximum atomic E-state index is 12.1. The minimum Gasteiger partial charge on any atom is -0.399 e. The molecule has 1 atom stereocenters. The van der Waals surface area contributed by atoms with Crippen LogP contribution in [-0.4, -0.2) is 239 Å². The molecule has 150 heavy (non-hydrogen) atoms. The second-order valence-corrected chi connectivity index (χ2v) is 42.5. The number of nitrogens with zero attached hydrogens (tertiary/aromatic N) is 22. The van der Waals surface area contributed by atoms with E-state index in [1.165, 1.54) is 28.3 Å². The number of likely N-dealkylation sites (N-methyl/N-ethyl adjacent to an activating group) is 1. The van der Waals surface area contributed by atoms with Crippen LogP contribution in [0.2, 0.25) is 0 Å². The molecule has 22 rings (SSSR count). The number of nitrogens with one attached hydrogen (secondary N) is 6. The van der Waals surface area contributed by atoms with Gasteiger partial charge in [0.1, 0.15) is 11.4 Å². The molecule has 0 bridgehead atoms. The normalized spacial score (nSPS) is 18.3. The number of ketones is 5. The maximum absolute atomic E-state index is 12.1. The number of nitrogen functional groups attached to an aromatic ring is 1. The molecule has 42 nitrogen and oxygen atoms in total. The van der Waals surface area contributed by atoms with Crippen LogP contribution >= 0.6 is 81.9 Å². The van der Waals surface area contributed by atoms with Gasteiger partial charge in [-0.2, -0.15) is 16.6 Å². The number of anilines is 7. The number of imide groups is 1. The fourth-order valence-electron chi connectivity index (χ4n) is 16.5. The standard InChI is InChI=1S/C20H21N5OS.C18H15N5O2S.C17H16N4O2S.C16H15N5O4S.C15H15N7O2S.C15H13N3O2S2/c1-13-18(27-20(26)23-13)11-15-7-9-21-19(24-15)25(2)10-8-14-12-22-17-6-4-3-5-16(14)17;1-23(10-16-21-12-4-2-3-5-13(12)22-16)18-19-7-6-11(20-18)8-15-14(24)9-17(25)26-15;1-21(10-11-3-2-4-12(18)7-11)17-19-6-5-13(20-17)8-15-14(22)9-16(23)24-15;22-11-8-12(23)20-16(11)2-5-21(6-3-16)14-17-4-1-9(18-14)7-10-13(24)19-15(25)26-10;23-11-8-13(24)25-12(11)7-10-1-4-16-15(17-10)22-5-2-9(3-6-22)14-18-20-21-19-14;1-18(8-10-3-5-21-9-10)15-16-4-2-11(17-15)6-13-12(19)7-14(20)22-13/h3-7,9,12,18,22H,1,8,10-11H2,2H3,(H,23,26);2-8H,9-10H2,1H3,(H,21,22);2-8H,9-10,18H2,1H3;1,4,7H,2-3,5-6,8H2,(H,20,23)(H,19,24,25);1,4,7,9H,2-3,5-6,8H2,(H,18,19,20,21);2-6,9H,7-8H2,1H3/b;2*15-8-;10-7-;12-7-;13-6-. The molecule has 9 saturated heterocycles. The summed E-state index contributed by atoms with van der Waals surface area (Å²) >= 11 is 7.66. The van der Waals surface area contributed by atoms with Crippen LogP contribution in [0.25, 0.3) is 52.3 Å². The van der Waals surface area contributed by atoms with E-state index in [0.29, 0.717) is 141 Å². The number of H-pyrrole nitrogens is 3. The van der Waals surface area contributed by atoms with Crippen molar-refractivity contribution in [3.63, 3.8) is 0 Å². The van der Waals surface area contributed by atoms with Gasteiger partial charge in [0.2, 0.25) is 62.1 Å². The number of nitrogens with two attached hydrogens (primary N) is 1. The summed E-state index contributed by atoms with van der Waals surface area (Å²) in [5, 5.41) is 26.4. The molecule has 9 aliphatic rings. The maximum Gasteiger partial charge on any atom is 0.290 e. The molecule has 13 aromatic rings. The van der Waals surface area contributed by atoms with Crippen molar-refractivity contribution in [1.29, 1.82) is 0 Å². The summed E-state index contributed by atoms with van der Waals surface area (Å²) in [5.74, 6) is 4.02. The van der Waals surface area contributed by atoms with E-state index < -0.39 is 16.7 Å². The zero-order valence-electron chi connectivity index (χ0n) is 80.9. The van der Waals surface area contributed by atoms with Gasteiger partial charge in [-0.15, -0.1) is 10.2 Å². The predicted molar refractivity (Wildman–Crippen MR) is 578 cm³/mol. The number of aromatic nitrogens is 19. The molecule has 19 heterocycles. The van der Waals surface area contributed by atoms with E-state index >= 15 is 0 Å². The molecule has 8 N–H and O–H groups in total. The van der Waals surface area contributed by atoms with Gasteiger partial charge in [0.05, 0.1) is 108 Å². The number of fused-ring (bicyclic) bond motifs is 2. The van der Waals surface area contributed by atoms with E-state index in [2.05, 4.69) is 164 Å². The first-order chi connectivity index (χ1) is 72.4. The lowest BCUT2D eigenvalue weighted by molar-refractivity contribution is -0.124. The Morgan fingerprint density at radius 2 is 1.00 bits per heavy atom. The SMILES string of the molecule is C=C1NC(=O)SC1Cc1ccnc(N(C)CCc2c[nH]c3ccccc23)n1.CN(Cc1cccc(N)c1)c1nccc(/C=C2\SC(=O)CC2=O)n1.CN(Cc1ccsc1)c1nccc(/C=C2\SC(=O)CC2=O)n1.CN(Cc1nc2ccccc2[nH]1)c1nccc(/C=C2\SC(=O)CC2=O)n1.O=C1CC(=O)/C(=C/c2ccnc(N3CCC(c4nn[nH]n4)CC3)n2)S1.O=C1CC(=O)C2(CCN(c3nccc(/C=C4\SC(=O)NC4=O)n3)CC2)N1. The van der Waals surface area contributed by atoms with E-state index in [-0.39, 0.29) is 103 Å². The number of para-hydroxylation sites is 3. The molecule has 4 amide bonds. The van der Waals surface area contributed by atoms with Crippen LogP contribution in [0.15, 0.2) is 206 Å². The smallest absolute Gasteiger partial charge is 0.290 e. The number of hydrogen-bond acceptors (Lipinski definition) is 43. The van der Waals surface area contributed by atoms with Crippen molar-refractivity contribution in [2.75, 3.05) is 96.0 Å². The highest BCUT2D eigenvalue weighted by Crippen LogP contribution is 2.38. The number of imidazole rings is 1. The number of benzene rings is 3. The van der Waals surface area contributed by atoms with Gasteiger partial charge in [-0.3, -0.25) is 67.6 Å². The molecule has 0 radical (unpaired) electrons. The Kier molecular flexibility index (Phi) is 34.4. The van der Waals surface area contributed by atoms with Gasteiger partial charge in [-0.25, -0.2) is 64.8 Å². The molecule has 0 aliphatic carbocycles. The second-order valence-electron chi connectivity index (χ2n) is 35.1. The number of tetrazole rings is 1. The number of thioether (sulfide) groups is 6. The number of hydrogen-bond donors (Lipinski definition) is 7. The molecular formula is C101H95N29O13S7. The fourth-order valence-corrected chi connectivity index (χ4v) is 22.0. The van der Waals surface area contributed by atoms with E-state index in [1.54, 1.807) is 109 Å². The Hall–Kier alpha value is -15.8. The van der Waals surface area contributed by atoms with Crippen molar-refractivity contribution in [3.05, 3.63) is 269 Å². The highest BCUT2D eigenvalue weighted by atomic mass is 32.2. The highest BCUT2D eigenvalue weighted by molar-refractivity contribution is 8.20. The average Bonchev–Trinajstić information content (AvgIpc) is 1.62. The third kappa shape index (κ3) is 28.0. The highest BCUT2D eigenvalue weighted by Gasteiger charge is 2.48. The fraction of sp³-hybridized carbons (Fsp3) is 0.257. The van der Waals surface area contributed by atoms with Gasteiger partial charge in [-0.1, -0.05) is 66.0 Å². The summed E-state index contributed by atoms with van der Waals surface area (Å²) in [6, 6.07) is 36.3. The van der Waals surface area contributed by atoms with E-state index in [1.807, 2.05) is 114 Å². The van der Waals surface area contributed by atoms with Gasteiger partial charge in [0.25, 0.3) is 16.4 Å². The summed E-state index contributed by atoms with van der Waals surface area (Å²) < 4.78 is 0. The third-order valence-electron chi connectivity index (χ3n) is 24.2. The van der Waals surface area contributed by atoms with Gasteiger partial charge in [-0.05, 0) is 222 Å². The quantitative estimate of drug-likeness (QED) is 0.0178. The van der Waals surface area contributed by atoms with Gasteiger partial charge in [0, 0.05) is 158 Å². The molecule has 49 heteroatoms. The number of thiophene rings is 1. The van der Waals surface area contributed by atoms with E-state index in [9.17, 15) is 62.3 Å². The number of Topliss-reactive ketones (excluding diaryl/α,β-unsaturated/α-hetero) is 5. The van der Waals surface area contributed by atoms with Crippen molar-refractivity contribution in [3.8, 4) is 0 Å². The lowest BCUT2D eigenvalue weighted by Gasteiger charge is -2.37. The molecule has 9 fully saturated rings. The first kappa shape index (κ1) is 106. The number of piperidine rings is 2. The van der Waals surface area contributed by atoms with Crippen LogP contribution in [0.4, 0.5) is 51.0 Å². The average molecular weight is 2150 g/mol. The van der Waals surface area contributed by atoms with Crippen LogP contribution in [0.5, 0.6) is 0 Å². The number of rotatable bonds is 23. The minimum atomic E-state index is -0.744. The van der Waals surface area contributed by atoms with Crippen molar-refractivity contribution in [2.24, 2.45) is 0 Å². The minimum absolute atomic E-state index is 0.0213. The van der Waals surface area contributed by atoms with Gasteiger partial charge >= 0.3 is 0 Å². The lowest BCUT2D eigenvalue weighted by atomic mass is 9.85. The molecular weight excluding hydrogens is 2050 g/mol. The van der Waals surface area contributed by atoms with Crippen LogP contribution < -0.4 is 51.1 Å². The zero-order valence-corrected chi connectivity index (χ0v) is 86.6. The summed E-state index contributed by atoms with van der Waals surface area (Å²) in [6.45, 7) is 9.25. The van der Waals surface area contributed by atoms with Crippen molar-refractivity contribution < 1.29 is 62.3 Å². The summed E-state index contributed by atoms with van der Waals surface area (Å²) in [5.41, 5.74) is 17.0. The van der Waals surface area contributed by atoms with Crippen LogP contribution in [0.1, 0.15) is 126 Å². The Morgan fingerprint density at radius 3 is 1.49 bits per heavy atom. The van der Waals surface area contributed by atoms with E-state index in [4.69, 9.17) is 5.73 Å². The first-order valence-electron chi connectivity index (χ1n) is 46.9. The number of aromatic amines is 3. The van der Waals surface area contributed by atoms with Crippen LogP contribution in [-0.2, 0) is 85.2 Å². The molecule has 3 aromatic carbocycles. The molecule has 1 spiro atoms. The van der Waals surface area contributed by atoms with Crippen molar-refractivity contribution in [1.82, 2.24) is 111 Å². The van der Waals surface area contributed by atoms with E-state index in [0.717, 1.165) is 149 Å². The van der Waals surface area contributed by atoms with Crippen molar-refractivity contribution >= 4 is 247 Å². The number of allylic oxidation sites excluding steroid dienone is 4. The number of carbonyl (C=O) groups is 13. The monoisotopic (exact) mass is 2150 g/mol. The first-order valence-corrected chi connectivity index (χ1v) is 52.8. The van der Waals surface area contributed by atoms with Gasteiger partial charge < -0.3 is 55.7 Å². The summed E-state index contributed by atoms with van der Waals surface area (Å²) in [7, 11) is 7.68. The predicted octanol–water partition coefficient (Wildman–Crippen LogP) is 12.3. The molecule has 764 valence electrons. The van der Waals surface area contributed by atoms with Crippen LogP contribution in [0, 0.1) is 0 Å². The largest absolute Gasteiger partial charge is 0.399 e. The van der Waals surface area contributed by atoms with Crippen molar-refractivity contribution in [2.45, 2.75) is 107 Å². The Labute approximate surface area is 886 Å². The molecule has 9 aliphatic heterocycles. The number of carbonyl (C=O) groups excluding carboxylic acids is 13. The number of amides is 4. The molecule has 10 aromatic heterocycles. The zero-order chi connectivity index (χ0) is 105. The Morgan fingerprint density at radius 1 is 0.493 bits per heavy atom. The molecule has 0 saturated carbocycles. The Bertz CT molecular complexity index is 7540. The van der Waals surface area contributed by atoms with Gasteiger partial charge in [0.15, 0.2) is 34.7 Å². The van der Waals surface area contributed by atoms with Crippen LogP contribution in [0.3, 0.4) is 0 Å². The second kappa shape index (κ2) is 48.9. The Balaban J connectivity index is 0.000000123. The lowest BCUT2D eigenvalue weighted by Crippen LogP contribution is -2.54. The summed E-state index contributed by atoms with van der Waals surface area (Å²) in [4.78, 5) is 228.